The summed E-state index contributed by atoms with van der Waals surface area (Å²) in [6.45, 7) is 13.9. The van der Waals surface area contributed by atoms with Crippen molar-refractivity contribution < 1.29 is 19.0 Å². The molecule has 1 heterocycles. The largest absolute Gasteiger partial charge is 0.405 e. The van der Waals surface area contributed by atoms with E-state index in [4.69, 9.17) is 13.9 Å². The number of aliphatic hydroxyl groups is 1. The molecule has 0 spiro atoms. The molecule has 1 aliphatic heterocycles. The minimum absolute atomic E-state index is 0.100. The number of ether oxygens (including phenoxy) is 2. The van der Waals surface area contributed by atoms with Crippen LogP contribution >= 0.6 is 0 Å². The third-order valence-electron chi connectivity index (χ3n) is 8.12. The predicted molar refractivity (Wildman–Crippen MR) is 145 cm³/mol. The van der Waals surface area contributed by atoms with Gasteiger partial charge in [-0.2, -0.15) is 0 Å². The van der Waals surface area contributed by atoms with Gasteiger partial charge in [-0.05, 0) is 48.0 Å². The average Bonchev–Trinajstić information content (AvgIpc) is 3.16. The molecule has 2 fully saturated rings. The Morgan fingerprint density at radius 3 is 2.20 bits per heavy atom. The molecule has 0 bridgehead atoms. The lowest BCUT2D eigenvalue weighted by molar-refractivity contribution is -0.301. The van der Waals surface area contributed by atoms with Crippen LogP contribution in [0.4, 0.5) is 0 Å². The van der Waals surface area contributed by atoms with Gasteiger partial charge in [-0.15, -0.1) is 6.58 Å². The molecular formula is C30H42O4Si. The van der Waals surface area contributed by atoms with Crippen molar-refractivity contribution in [1.82, 2.24) is 0 Å². The summed E-state index contributed by atoms with van der Waals surface area (Å²) in [5.41, 5.74) is -0.484. The van der Waals surface area contributed by atoms with E-state index in [1.807, 2.05) is 13.0 Å². The summed E-state index contributed by atoms with van der Waals surface area (Å²) in [4.78, 5) is 0. The van der Waals surface area contributed by atoms with E-state index in [0.717, 1.165) is 19.3 Å². The molecule has 0 aromatic heterocycles. The molecular weight excluding hydrogens is 452 g/mol. The molecule has 4 rings (SSSR count). The molecule has 2 aromatic carbocycles. The van der Waals surface area contributed by atoms with E-state index in [2.05, 4.69) is 88.0 Å². The van der Waals surface area contributed by atoms with Gasteiger partial charge in [0.15, 0.2) is 5.79 Å². The zero-order chi connectivity index (χ0) is 25.2. The van der Waals surface area contributed by atoms with Crippen molar-refractivity contribution in [2.24, 2.45) is 5.41 Å². The van der Waals surface area contributed by atoms with Crippen molar-refractivity contribution >= 4 is 18.7 Å². The molecule has 0 unspecified atom stereocenters. The lowest BCUT2D eigenvalue weighted by Gasteiger charge is -2.49. The second-order valence-corrected chi connectivity index (χ2v) is 15.5. The van der Waals surface area contributed by atoms with E-state index in [9.17, 15) is 5.11 Å². The Morgan fingerprint density at radius 2 is 1.69 bits per heavy atom. The first-order valence-electron chi connectivity index (χ1n) is 13.1. The molecule has 190 valence electrons. The molecule has 35 heavy (non-hydrogen) atoms. The van der Waals surface area contributed by atoms with E-state index < -0.39 is 25.6 Å². The smallest absolute Gasteiger partial charge is 0.261 e. The highest BCUT2D eigenvalue weighted by atomic mass is 28.4. The van der Waals surface area contributed by atoms with Gasteiger partial charge >= 0.3 is 0 Å². The minimum atomic E-state index is -2.67. The Kier molecular flexibility index (Phi) is 7.75. The lowest BCUT2D eigenvalue weighted by atomic mass is 9.64. The number of hydrogen-bond acceptors (Lipinski definition) is 4. The number of hydrogen-bond donors (Lipinski definition) is 1. The zero-order valence-electron chi connectivity index (χ0n) is 21.8. The van der Waals surface area contributed by atoms with E-state index in [1.54, 1.807) is 0 Å². The van der Waals surface area contributed by atoms with Crippen LogP contribution in [0, 0.1) is 5.41 Å². The molecule has 1 saturated heterocycles. The highest BCUT2D eigenvalue weighted by Crippen LogP contribution is 2.58. The Hall–Kier alpha value is -1.76. The van der Waals surface area contributed by atoms with Gasteiger partial charge in [0.25, 0.3) is 8.32 Å². The van der Waals surface area contributed by atoms with E-state index in [0.29, 0.717) is 26.1 Å². The highest BCUT2D eigenvalue weighted by Gasteiger charge is 2.65. The first kappa shape index (κ1) is 26.3. The monoisotopic (exact) mass is 494 g/mol. The van der Waals surface area contributed by atoms with Crippen LogP contribution in [0.15, 0.2) is 73.3 Å². The summed E-state index contributed by atoms with van der Waals surface area (Å²) >= 11 is 0. The van der Waals surface area contributed by atoms with Crippen LogP contribution in [0.5, 0.6) is 0 Å². The van der Waals surface area contributed by atoms with Gasteiger partial charge in [0, 0.05) is 13.0 Å². The highest BCUT2D eigenvalue weighted by molar-refractivity contribution is 6.99. The van der Waals surface area contributed by atoms with E-state index >= 15 is 0 Å². The summed E-state index contributed by atoms with van der Waals surface area (Å²) in [5, 5.41) is 13.7. The quantitative estimate of drug-likeness (QED) is 0.385. The number of benzene rings is 2. The van der Waals surface area contributed by atoms with Crippen molar-refractivity contribution in [3.63, 3.8) is 0 Å². The molecule has 1 saturated carbocycles. The lowest BCUT2D eigenvalue weighted by Crippen LogP contribution is -2.67. The van der Waals surface area contributed by atoms with Crippen molar-refractivity contribution in [3.05, 3.63) is 73.3 Å². The maximum atomic E-state index is 11.2. The first-order chi connectivity index (χ1) is 16.7. The van der Waals surface area contributed by atoms with Crippen LogP contribution in [0.2, 0.25) is 5.04 Å². The molecule has 0 radical (unpaired) electrons. The predicted octanol–water partition coefficient (Wildman–Crippen LogP) is 5.19. The topological polar surface area (TPSA) is 47.9 Å². The Morgan fingerprint density at radius 1 is 1.09 bits per heavy atom. The second-order valence-electron chi connectivity index (χ2n) is 11.2. The maximum Gasteiger partial charge on any atom is 0.261 e. The fraction of sp³-hybridized carbons (Fsp3) is 0.533. The van der Waals surface area contributed by atoms with Crippen LogP contribution in [0.1, 0.15) is 59.8 Å². The third kappa shape index (κ3) is 4.47. The zero-order valence-corrected chi connectivity index (χ0v) is 22.8. The maximum absolute atomic E-state index is 11.2. The van der Waals surface area contributed by atoms with Gasteiger partial charge in [0.2, 0.25) is 0 Å². The Labute approximate surface area is 212 Å². The fourth-order valence-corrected chi connectivity index (χ4v) is 11.3. The minimum Gasteiger partial charge on any atom is -0.405 e. The molecule has 0 amide bonds. The van der Waals surface area contributed by atoms with Gasteiger partial charge < -0.3 is 19.0 Å². The van der Waals surface area contributed by atoms with Crippen molar-refractivity contribution in [1.29, 1.82) is 0 Å². The molecule has 4 atom stereocenters. The van der Waals surface area contributed by atoms with Crippen molar-refractivity contribution in [2.75, 3.05) is 13.2 Å². The van der Waals surface area contributed by atoms with Crippen molar-refractivity contribution in [3.8, 4) is 0 Å². The van der Waals surface area contributed by atoms with Gasteiger partial charge in [-0.1, -0.05) is 87.5 Å². The molecule has 1 N–H and O–H groups in total. The molecule has 2 aromatic rings. The van der Waals surface area contributed by atoms with Crippen LogP contribution in [-0.4, -0.2) is 44.6 Å². The Bertz CT molecular complexity index is 929. The first-order valence-corrected chi connectivity index (χ1v) is 15.0. The van der Waals surface area contributed by atoms with E-state index in [1.165, 1.54) is 10.4 Å². The number of allylic oxidation sites excluding steroid dienone is 1. The van der Waals surface area contributed by atoms with Gasteiger partial charge in [0.05, 0.1) is 24.2 Å². The summed E-state index contributed by atoms with van der Waals surface area (Å²) in [6.07, 6.45) is 5.12. The number of rotatable bonds is 9. The van der Waals surface area contributed by atoms with Gasteiger partial charge in [-0.25, -0.2) is 0 Å². The number of fused-ring (bicyclic) bond motifs is 1. The van der Waals surface area contributed by atoms with Crippen LogP contribution in [0.3, 0.4) is 0 Å². The average molecular weight is 495 g/mol. The molecule has 2 aliphatic rings. The summed E-state index contributed by atoms with van der Waals surface area (Å²) < 4.78 is 20.3. The second kappa shape index (κ2) is 10.3. The fourth-order valence-electron chi connectivity index (χ4n) is 6.68. The Balaban J connectivity index is 1.71. The molecule has 1 aliphatic carbocycles. The van der Waals surface area contributed by atoms with Crippen molar-refractivity contribution in [2.45, 2.75) is 82.8 Å². The van der Waals surface area contributed by atoms with Gasteiger partial charge in [-0.3, -0.25) is 0 Å². The van der Waals surface area contributed by atoms with Gasteiger partial charge in [0.1, 0.15) is 0 Å². The van der Waals surface area contributed by atoms with Crippen LogP contribution in [-0.2, 0) is 13.9 Å². The molecule has 5 heteroatoms. The number of aliphatic hydroxyl groups excluding tert-OH is 1. The van der Waals surface area contributed by atoms with E-state index in [-0.39, 0.29) is 11.1 Å². The van der Waals surface area contributed by atoms with Crippen LogP contribution in [0.25, 0.3) is 0 Å². The third-order valence-corrected chi connectivity index (χ3v) is 13.1. The summed E-state index contributed by atoms with van der Waals surface area (Å²) in [7, 11) is -2.67. The summed E-state index contributed by atoms with van der Waals surface area (Å²) in [6, 6.07) is 21.4. The molecule has 4 nitrogen and oxygen atoms in total. The standard InChI is InChI=1S/C30H42O4Si/c1-6-20-29-22-24(34-30(29,32-7-2)21-14-19-27(29)31)23-33-35(28(3,4)5,25-15-10-8-11-16-25)26-17-12-9-13-18-26/h6,8-13,15-18,24,27,31H,1,7,14,19-23H2,2-5H3/t24-,27+,29-,30+/m0/s1. The van der Waals surface area contributed by atoms with Crippen LogP contribution < -0.4 is 10.4 Å². The normalized spacial score (nSPS) is 29.1. The summed E-state index contributed by atoms with van der Waals surface area (Å²) in [5.74, 6) is -0.785. The SMILES string of the molecule is C=CC[C@@]12C[C@@H](CO[Si](c3ccccc3)(c3ccccc3)C(C)(C)C)O[C@]1(OCC)CCC[C@H]2O.